The van der Waals surface area contributed by atoms with Crippen LogP contribution in [0.5, 0.6) is 0 Å². The number of benzene rings is 7. The molecule has 1 aliphatic rings. The lowest BCUT2D eigenvalue weighted by Crippen LogP contribution is -2.21. The zero-order valence-electron chi connectivity index (χ0n) is 36.4. The van der Waals surface area contributed by atoms with Crippen LogP contribution >= 0.6 is 0 Å². The molecule has 2 aromatic heterocycles. The van der Waals surface area contributed by atoms with E-state index in [9.17, 15) is 0 Å². The van der Waals surface area contributed by atoms with Crippen molar-refractivity contribution in [3.63, 3.8) is 0 Å². The molecule has 0 amide bonds. The number of allylic oxidation sites excluding steroid dienone is 4. The van der Waals surface area contributed by atoms with Crippen LogP contribution in [0.15, 0.2) is 237 Å². The van der Waals surface area contributed by atoms with Gasteiger partial charge in [0.25, 0.3) is 0 Å². The van der Waals surface area contributed by atoms with Crippen LogP contribution in [0, 0.1) is 5.41 Å². The largest absolute Gasteiger partial charge is 0.256 e. The van der Waals surface area contributed by atoms with Crippen LogP contribution in [0.3, 0.4) is 0 Å². The van der Waals surface area contributed by atoms with Gasteiger partial charge < -0.3 is 0 Å². The van der Waals surface area contributed by atoms with E-state index in [1.807, 2.05) is 36.7 Å². The molecule has 1 unspecified atom stereocenters. The third kappa shape index (κ3) is 8.43. The van der Waals surface area contributed by atoms with Crippen LogP contribution in [0.4, 0.5) is 0 Å². The highest BCUT2D eigenvalue weighted by molar-refractivity contribution is 5.94. The van der Waals surface area contributed by atoms with E-state index in [2.05, 4.69) is 224 Å². The number of pyridine rings is 2. The summed E-state index contributed by atoms with van der Waals surface area (Å²) in [6.45, 7) is 4.81. The Kier molecular flexibility index (Phi) is 11.3. The fraction of sp³-hybridized carbons (Fsp3) is 0.0968. The predicted octanol–water partition coefficient (Wildman–Crippen LogP) is 16.8. The molecular weight excluding hydrogens is 773 g/mol. The molecule has 2 heterocycles. The molecule has 0 fully saturated rings. The van der Waals surface area contributed by atoms with E-state index in [0.29, 0.717) is 5.92 Å². The molecule has 0 saturated carbocycles. The smallest absolute Gasteiger partial charge is 0.0701 e. The minimum atomic E-state index is 0.159. The molecule has 2 heteroatoms. The first kappa shape index (κ1) is 40.4. The van der Waals surface area contributed by atoms with Crippen molar-refractivity contribution in [3.05, 3.63) is 242 Å². The van der Waals surface area contributed by atoms with Gasteiger partial charge in [-0.1, -0.05) is 196 Å². The van der Waals surface area contributed by atoms with Gasteiger partial charge >= 0.3 is 0 Å². The molecule has 0 bridgehead atoms. The van der Waals surface area contributed by atoms with Crippen LogP contribution in [-0.2, 0) is 0 Å². The summed E-state index contributed by atoms with van der Waals surface area (Å²) in [5.41, 5.74) is 19.8. The Morgan fingerprint density at radius 1 is 0.375 bits per heavy atom. The first-order valence-electron chi connectivity index (χ1n) is 22.4. The number of nitrogens with zero attached hydrogens (tertiary/aromatic N) is 2. The van der Waals surface area contributed by atoms with E-state index < -0.39 is 0 Å². The van der Waals surface area contributed by atoms with E-state index >= 15 is 0 Å². The molecule has 7 aromatic carbocycles. The van der Waals surface area contributed by atoms with Crippen molar-refractivity contribution in [2.24, 2.45) is 5.41 Å². The highest BCUT2D eigenvalue weighted by atomic mass is 14.7. The lowest BCUT2D eigenvalue weighted by atomic mass is 9.71. The highest BCUT2D eigenvalue weighted by Crippen LogP contribution is 2.45. The second-order valence-electron chi connectivity index (χ2n) is 17.5. The second-order valence-corrected chi connectivity index (χ2v) is 17.5. The summed E-state index contributed by atoms with van der Waals surface area (Å²) >= 11 is 0. The van der Waals surface area contributed by atoms with Gasteiger partial charge in [-0.2, -0.15) is 0 Å². The number of aromatic nitrogens is 2. The quantitative estimate of drug-likeness (QED) is 0.145. The first-order chi connectivity index (χ1) is 31.5. The summed E-state index contributed by atoms with van der Waals surface area (Å²) in [7, 11) is 0. The van der Waals surface area contributed by atoms with E-state index in [4.69, 9.17) is 0 Å². The normalized spacial score (nSPS) is 15.4. The Bertz CT molecular complexity index is 2940. The minimum absolute atomic E-state index is 0.159. The zero-order valence-corrected chi connectivity index (χ0v) is 36.4. The topological polar surface area (TPSA) is 25.8 Å². The maximum atomic E-state index is 4.60. The molecule has 9 aromatic rings. The molecular formula is C62H50N2. The van der Waals surface area contributed by atoms with Crippen molar-refractivity contribution in [2.45, 2.75) is 32.6 Å². The van der Waals surface area contributed by atoms with Crippen molar-refractivity contribution in [1.29, 1.82) is 0 Å². The monoisotopic (exact) mass is 822 g/mol. The van der Waals surface area contributed by atoms with E-state index in [1.54, 1.807) is 0 Å². The third-order valence-electron chi connectivity index (χ3n) is 12.9. The lowest BCUT2D eigenvalue weighted by Gasteiger charge is -2.33. The summed E-state index contributed by atoms with van der Waals surface area (Å²) in [6, 6.07) is 72.7. The van der Waals surface area contributed by atoms with Crippen LogP contribution in [0.1, 0.15) is 38.2 Å². The Balaban J connectivity index is 1.10. The zero-order chi connectivity index (χ0) is 43.3. The van der Waals surface area contributed by atoms with Gasteiger partial charge in [0.1, 0.15) is 0 Å². The number of rotatable bonds is 9. The Morgan fingerprint density at radius 3 is 1.12 bits per heavy atom. The fourth-order valence-electron chi connectivity index (χ4n) is 9.42. The second kappa shape index (κ2) is 18.0. The SMILES string of the molecule is CC1(C)CC/C=C\C=C/C1c1ccc(-c2ccccc2-c2cc(-c3ccccc3-c3ccc(-c4ccccn4)cc3)cc(-c3ccccc3-c3ccc(-c4ccccn4)cc3)c2)cc1. The van der Waals surface area contributed by atoms with Crippen molar-refractivity contribution < 1.29 is 0 Å². The lowest BCUT2D eigenvalue weighted by molar-refractivity contribution is 0.299. The van der Waals surface area contributed by atoms with Gasteiger partial charge in [-0.05, 0) is 133 Å². The summed E-state index contributed by atoms with van der Waals surface area (Å²) in [5, 5.41) is 0. The van der Waals surface area contributed by atoms with Gasteiger partial charge in [-0.25, -0.2) is 0 Å². The Hall–Kier alpha value is -7.68. The van der Waals surface area contributed by atoms with Gasteiger partial charge in [-0.15, -0.1) is 0 Å². The van der Waals surface area contributed by atoms with Crippen molar-refractivity contribution in [3.8, 4) is 89.3 Å². The molecule has 64 heavy (non-hydrogen) atoms. The molecule has 0 spiro atoms. The molecule has 1 atom stereocenters. The summed E-state index contributed by atoms with van der Waals surface area (Å²) in [6.07, 6.45) is 15.0. The molecule has 1 aliphatic carbocycles. The first-order valence-corrected chi connectivity index (χ1v) is 22.4. The van der Waals surface area contributed by atoms with Gasteiger partial charge in [0, 0.05) is 29.4 Å². The van der Waals surface area contributed by atoms with Gasteiger partial charge in [0.2, 0.25) is 0 Å². The summed E-state index contributed by atoms with van der Waals surface area (Å²) in [5.74, 6) is 0.346. The van der Waals surface area contributed by atoms with Crippen LogP contribution in [0.2, 0.25) is 0 Å². The van der Waals surface area contributed by atoms with Crippen LogP contribution in [0.25, 0.3) is 89.3 Å². The molecule has 0 N–H and O–H groups in total. The average Bonchev–Trinajstić information content (AvgIpc) is 3.36. The Labute approximate surface area is 378 Å². The summed E-state index contributed by atoms with van der Waals surface area (Å²) in [4.78, 5) is 9.20. The van der Waals surface area contributed by atoms with Gasteiger partial charge in [0.15, 0.2) is 0 Å². The van der Waals surface area contributed by atoms with Crippen molar-refractivity contribution in [1.82, 2.24) is 9.97 Å². The van der Waals surface area contributed by atoms with E-state index in [0.717, 1.165) is 57.6 Å². The number of hydrogen-bond donors (Lipinski definition) is 0. The van der Waals surface area contributed by atoms with E-state index in [-0.39, 0.29) is 5.41 Å². The van der Waals surface area contributed by atoms with Gasteiger partial charge in [-0.3, -0.25) is 9.97 Å². The molecule has 0 saturated heterocycles. The maximum Gasteiger partial charge on any atom is 0.0701 e. The molecule has 0 radical (unpaired) electrons. The fourth-order valence-corrected chi connectivity index (χ4v) is 9.42. The standard InChI is InChI=1S/C62H50N2/c1-62(2)38-14-4-3-5-23-59(62)47-32-26-44(27-33-47)53-17-6-9-20-56(53)50-41-51(57-21-10-7-18-54(57)45-28-34-48(35-29-45)60-24-12-15-39-63-60)43-52(42-50)58-22-11-8-19-55(58)46-30-36-49(37-31-46)61-25-13-16-40-64-61/h3-13,15-37,39-43,59H,14,38H2,1-2H3/b4-3-,23-5-. The van der Waals surface area contributed by atoms with Crippen molar-refractivity contribution in [2.75, 3.05) is 0 Å². The van der Waals surface area contributed by atoms with Gasteiger partial charge in [0.05, 0.1) is 11.4 Å². The third-order valence-corrected chi connectivity index (χ3v) is 12.9. The Morgan fingerprint density at radius 2 is 0.734 bits per heavy atom. The molecule has 0 aliphatic heterocycles. The van der Waals surface area contributed by atoms with Crippen LogP contribution < -0.4 is 0 Å². The van der Waals surface area contributed by atoms with E-state index in [1.165, 1.54) is 50.1 Å². The summed E-state index contributed by atoms with van der Waals surface area (Å²) < 4.78 is 0. The molecule has 10 rings (SSSR count). The average molecular weight is 823 g/mol. The number of hydrogen-bond acceptors (Lipinski definition) is 2. The molecule has 308 valence electrons. The highest BCUT2D eigenvalue weighted by Gasteiger charge is 2.29. The minimum Gasteiger partial charge on any atom is -0.256 e. The molecule has 2 nitrogen and oxygen atoms in total. The van der Waals surface area contributed by atoms with Crippen LogP contribution in [-0.4, -0.2) is 9.97 Å². The predicted molar refractivity (Wildman–Crippen MR) is 270 cm³/mol. The van der Waals surface area contributed by atoms with Crippen molar-refractivity contribution >= 4 is 0 Å². The maximum absolute atomic E-state index is 4.60.